The van der Waals surface area contributed by atoms with Gasteiger partial charge in [-0.15, -0.1) is 0 Å². The van der Waals surface area contributed by atoms with Crippen molar-refractivity contribution in [3.8, 4) is 0 Å². The highest BCUT2D eigenvalue weighted by molar-refractivity contribution is 5.77. The van der Waals surface area contributed by atoms with Gasteiger partial charge in [-0.05, 0) is 442 Å². The zero-order valence-electron chi connectivity index (χ0n) is 74.2. The van der Waals surface area contributed by atoms with Crippen LogP contribution in [0, 0.1) is 198 Å². The number of hydrogen-bond acceptors (Lipinski definition) is 10. The molecular formula is C106H196O10. The van der Waals surface area contributed by atoms with E-state index in [0.717, 1.165) is 191 Å². The van der Waals surface area contributed by atoms with Gasteiger partial charge in [-0.25, -0.2) is 0 Å². The molecule has 0 heterocycles. The van der Waals surface area contributed by atoms with Gasteiger partial charge < -0.3 is 28.4 Å². The van der Waals surface area contributed by atoms with Crippen molar-refractivity contribution in [1.82, 2.24) is 0 Å². The summed E-state index contributed by atoms with van der Waals surface area (Å²) in [7, 11) is 0. The average Bonchev–Trinajstić information content (AvgIpc) is 0.666. The molecule has 28 saturated carbocycles. The minimum Gasteiger partial charge on any atom is -0.459 e. The topological polar surface area (TPSA) is 124 Å². The highest BCUT2D eigenvalue weighted by Gasteiger charge is 2.77. The van der Waals surface area contributed by atoms with Crippen molar-refractivity contribution in [3.63, 3.8) is 0 Å². The van der Waals surface area contributed by atoms with E-state index in [2.05, 4.69) is 41.5 Å². The summed E-state index contributed by atoms with van der Waals surface area (Å²) < 4.78 is 37.5. The summed E-state index contributed by atoms with van der Waals surface area (Å²) in [5.41, 5.74) is -1.64. The van der Waals surface area contributed by atoms with Crippen LogP contribution in [0.2, 0.25) is 0 Å². The first kappa shape index (κ1) is 104. The fraction of sp³-hybridized carbons (Fsp3) is 0.962. The minimum atomic E-state index is -0.420. The lowest BCUT2D eigenvalue weighted by molar-refractivity contribution is -0.338. The van der Waals surface area contributed by atoms with E-state index in [0.29, 0.717) is 0 Å². The van der Waals surface area contributed by atoms with Crippen molar-refractivity contribution in [2.75, 3.05) is 0 Å². The molecule has 10 unspecified atom stereocenters. The third-order valence-corrected chi connectivity index (χ3v) is 38.2. The molecule has 32 bridgehead atoms. The molecule has 0 spiro atoms. The Balaban J connectivity index is 0.000000262. The van der Waals surface area contributed by atoms with Gasteiger partial charge in [0.2, 0.25) is 12.6 Å². The lowest BCUT2D eigenvalue weighted by atomic mass is 9.28. The molecule has 0 N–H and O–H groups in total. The fourth-order valence-corrected chi connectivity index (χ4v) is 32.7. The van der Waals surface area contributed by atoms with Gasteiger partial charge in [0, 0.05) is 10.8 Å². The first-order valence-electron chi connectivity index (χ1n) is 47.3. The number of rotatable bonds is 18. The van der Waals surface area contributed by atoms with Crippen LogP contribution in [0.15, 0.2) is 0 Å². The number of carbonyl (C=O) groups excluding carboxylic acids is 4. The Kier molecular flexibility index (Phi) is 33.8. The van der Waals surface area contributed by atoms with E-state index < -0.39 is 23.4 Å². The minimum absolute atomic E-state index is 0. The van der Waals surface area contributed by atoms with Crippen LogP contribution in [0.5, 0.6) is 0 Å². The van der Waals surface area contributed by atoms with Gasteiger partial charge in [0.1, 0.15) is 11.2 Å². The molecular weight excluding hydrogens is 1430 g/mol. The van der Waals surface area contributed by atoms with Crippen molar-refractivity contribution in [3.05, 3.63) is 0 Å². The Labute approximate surface area is 719 Å². The molecule has 0 radical (unpaired) electrons. The normalized spacial score (nSPS) is 43.3. The van der Waals surface area contributed by atoms with E-state index in [4.69, 9.17) is 28.4 Å². The zero-order chi connectivity index (χ0) is 78.7. The summed E-state index contributed by atoms with van der Waals surface area (Å²) in [6, 6.07) is 0. The van der Waals surface area contributed by atoms with Gasteiger partial charge in [-0.1, -0.05) is 142 Å². The van der Waals surface area contributed by atoms with Crippen molar-refractivity contribution >= 4 is 23.9 Å². The average molecular weight is 1630 g/mol. The number of carbonyl (C=O) groups is 4. The maximum atomic E-state index is 13.0. The van der Waals surface area contributed by atoms with Gasteiger partial charge in [-0.3, -0.25) is 19.2 Å². The van der Waals surface area contributed by atoms with E-state index in [-0.39, 0.29) is 127 Å². The molecule has 0 aromatic carbocycles. The summed E-state index contributed by atoms with van der Waals surface area (Å²) in [5, 5.41) is 0. The molecule has 28 aliphatic rings. The molecule has 28 rings (SSSR count). The van der Waals surface area contributed by atoms with E-state index in [1.807, 2.05) is 138 Å². The highest BCUT2D eigenvalue weighted by atomic mass is 16.7. The predicted octanol–water partition coefficient (Wildman–Crippen LogP) is 29.7. The molecule has 28 fully saturated rings. The number of hydrogen-bond donors (Lipinski definition) is 0. The molecule has 116 heavy (non-hydrogen) atoms. The van der Waals surface area contributed by atoms with E-state index in [1.165, 1.54) is 154 Å². The smallest absolute Gasteiger partial charge is 0.313 e. The predicted molar refractivity (Wildman–Crippen MR) is 488 cm³/mol. The third-order valence-electron chi connectivity index (χ3n) is 38.2. The van der Waals surface area contributed by atoms with Crippen molar-refractivity contribution in [2.45, 2.75) is 454 Å². The molecule has 10 heteroatoms. The Morgan fingerprint density at radius 2 is 0.526 bits per heavy atom. The molecule has 10 nitrogen and oxygen atoms in total. The fourth-order valence-electron chi connectivity index (χ4n) is 32.7. The molecule has 0 aromatic rings. The summed E-state index contributed by atoms with van der Waals surface area (Å²) in [6.07, 6.45) is 36.3. The van der Waals surface area contributed by atoms with Gasteiger partial charge in [0.15, 0.2) is 0 Å². The Hall–Kier alpha value is -2.20. The molecule has 28 aliphatic carbocycles. The highest BCUT2D eigenvalue weighted by Crippen LogP contribution is 2.81. The molecule has 0 saturated heterocycles. The Morgan fingerprint density at radius 3 is 0.845 bits per heavy atom. The van der Waals surface area contributed by atoms with Gasteiger partial charge in [-0.2, -0.15) is 0 Å². The van der Waals surface area contributed by atoms with Crippen LogP contribution in [-0.4, -0.2) is 58.9 Å². The molecule has 10 atom stereocenters. The second-order valence-electron chi connectivity index (χ2n) is 44.4. The zero-order valence-corrected chi connectivity index (χ0v) is 74.2. The number of ether oxygens (including phenoxy) is 6. The Morgan fingerprint density at radius 1 is 0.284 bits per heavy atom. The molecule has 680 valence electrons. The second kappa shape index (κ2) is 37.5. The summed E-state index contributed by atoms with van der Waals surface area (Å²) in [6.45, 7) is 53.2. The monoisotopic (exact) mass is 1630 g/mol. The van der Waals surface area contributed by atoms with Crippen molar-refractivity contribution < 1.29 is 47.6 Å². The van der Waals surface area contributed by atoms with Crippen LogP contribution in [-0.2, 0) is 47.6 Å². The van der Waals surface area contributed by atoms with E-state index >= 15 is 0 Å². The lowest BCUT2D eigenvalue weighted by Crippen LogP contribution is -2.73. The lowest BCUT2D eigenvalue weighted by Gasteiger charge is -2.77. The maximum absolute atomic E-state index is 13.0. The summed E-state index contributed by atoms with van der Waals surface area (Å²) >= 11 is 0. The third kappa shape index (κ3) is 16.6. The largest absolute Gasteiger partial charge is 0.459 e. The Bertz CT molecular complexity index is 3010. The van der Waals surface area contributed by atoms with Gasteiger partial charge in [0.05, 0.1) is 32.9 Å². The second-order valence-corrected chi connectivity index (χ2v) is 44.4. The summed E-state index contributed by atoms with van der Waals surface area (Å²) in [5.74, 6) is 26.1. The number of esters is 4. The quantitative estimate of drug-likeness (QED) is 0.0744. The summed E-state index contributed by atoms with van der Waals surface area (Å²) in [4.78, 5) is 50.7. The van der Waals surface area contributed by atoms with Crippen molar-refractivity contribution in [2.24, 2.45) is 198 Å². The molecule has 0 amide bonds. The first-order chi connectivity index (χ1) is 51.0. The standard InChI is InChI=1S/2C23H36O2.2C22H34O3.4C2H6.8CH4/c1-6-21(2,3)20(24)25-22(4,5)23-12-14-8-16-15-7-13(10-18(16)23)11-19(23)17(15)9-14;1-6-21(2,3)20(24)25-22(4,5)23-10-17-14-7-13-8-15(17)19(12-23)16(9-13)18(14)11-23;1-5-21(3,4)20(23)24-12(2)25-22-11-14-7-16-15-6-13(9-18(16)22)10-19(22)17(15)8-14;1-5-21(3,4)20(23)24-12(2)25-22-9-17-14-6-13-7-15(17)19(11-22)16(8-13)18(14)10-22;4*1-2;;;;;;;;/h2*13-19H,6-12H2,1-5H3;2*12-19H,5-11H2,1-4H3;4*1-2H3;8*1H4. The maximum Gasteiger partial charge on any atom is 0.313 e. The first-order valence-corrected chi connectivity index (χ1v) is 47.3. The molecule has 0 aliphatic heterocycles. The van der Waals surface area contributed by atoms with Crippen LogP contribution in [0.3, 0.4) is 0 Å². The van der Waals surface area contributed by atoms with Crippen LogP contribution >= 0.6 is 0 Å². The molecule has 0 aromatic heterocycles. The SMILES string of the molecule is C.C.C.C.C.C.C.C.CC.CC.CC.CC.CCC(C)(C)C(=O)OC(C)(C)C12CC3C4CC5CC3C(C1)C(C5)C4C2.CCC(C)(C)C(=O)OC(C)(C)C12CC3CC4C5CC(CC41)CC2C5C3.CCC(C)(C)C(=O)OC(C)OC12CC3C4CC5CC3C(C1)C(C5)C4C2.CCC(C)(C)C(=O)OC(C)OC12CC3CC4C5CC(CC41)CC2C5C3. The van der Waals surface area contributed by atoms with Gasteiger partial charge >= 0.3 is 23.9 Å². The van der Waals surface area contributed by atoms with Crippen LogP contribution < -0.4 is 0 Å². The van der Waals surface area contributed by atoms with Crippen LogP contribution in [0.1, 0.15) is 419 Å². The van der Waals surface area contributed by atoms with Crippen molar-refractivity contribution in [1.29, 1.82) is 0 Å². The van der Waals surface area contributed by atoms with E-state index in [1.54, 1.807) is 0 Å². The van der Waals surface area contributed by atoms with Gasteiger partial charge in [0.25, 0.3) is 0 Å². The van der Waals surface area contributed by atoms with Crippen LogP contribution in [0.4, 0.5) is 0 Å². The van der Waals surface area contributed by atoms with Crippen LogP contribution in [0.25, 0.3) is 0 Å². The van der Waals surface area contributed by atoms with E-state index in [9.17, 15) is 19.2 Å².